The number of hydrogen-bond acceptors (Lipinski definition) is 1. The maximum absolute atomic E-state index is 12.2. The Bertz CT molecular complexity index is 306. The molecule has 0 atom stereocenters. The zero-order chi connectivity index (χ0) is 10.1. The molecular formula is C8H7F4N. The van der Waals surface area contributed by atoms with E-state index in [9.17, 15) is 17.6 Å². The number of benzene rings is 1. The maximum atomic E-state index is 12.2. The van der Waals surface area contributed by atoms with Gasteiger partial charge in [-0.05, 0) is 12.1 Å². The fraction of sp³-hybridized carbons (Fsp3) is 0.250. The van der Waals surface area contributed by atoms with E-state index >= 15 is 0 Å². The third-order valence-corrected chi connectivity index (χ3v) is 1.65. The van der Waals surface area contributed by atoms with E-state index in [0.717, 1.165) is 12.1 Å². The number of nitrogens with two attached hydrogens (primary N) is 1. The van der Waals surface area contributed by atoms with Gasteiger partial charge in [0.2, 0.25) is 0 Å². The van der Waals surface area contributed by atoms with E-state index in [1.54, 1.807) is 0 Å². The Morgan fingerprint density at radius 1 is 1.23 bits per heavy atom. The highest BCUT2D eigenvalue weighted by molar-refractivity contribution is 5.51. The Labute approximate surface area is 72.2 Å². The smallest absolute Gasteiger partial charge is 0.398 e. The van der Waals surface area contributed by atoms with E-state index in [0.29, 0.717) is 0 Å². The van der Waals surface area contributed by atoms with Crippen LogP contribution < -0.4 is 5.73 Å². The van der Waals surface area contributed by atoms with Crippen LogP contribution in [-0.2, 0) is 12.9 Å². The van der Waals surface area contributed by atoms with Crippen molar-refractivity contribution >= 4 is 5.69 Å². The van der Waals surface area contributed by atoms with Crippen LogP contribution in [0.5, 0.6) is 0 Å². The highest BCUT2D eigenvalue weighted by Gasteiger charge is 2.33. The highest BCUT2D eigenvalue weighted by Crippen LogP contribution is 2.34. The lowest BCUT2D eigenvalue weighted by Crippen LogP contribution is -2.10. The second-order valence-corrected chi connectivity index (χ2v) is 2.50. The van der Waals surface area contributed by atoms with Crippen molar-refractivity contribution in [2.75, 3.05) is 5.73 Å². The molecule has 1 aromatic carbocycles. The number of alkyl halides is 4. The molecule has 0 fully saturated rings. The monoisotopic (exact) mass is 193 g/mol. The summed E-state index contributed by atoms with van der Waals surface area (Å²) in [7, 11) is 0. The standard InChI is InChI=1S/C8H7F4N/c9-4-5-6(8(10,11)12)2-1-3-7(5)13/h1-3H,4,13H2. The van der Waals surface area contributed by atoms with Gasteiger partial charge in [-0.25, -0.2) is 4.39 Å². The minimum atomic E-state index is -4.54. The molecule has 72 valence electrons. The molecule has 0 aliphatic carbocycles. The van der Waals surface area contributed by atoms with Crippen LogP contribution >= 0.6 is 0 Å². The van der Waals surface area contributed by atoms with Crippen LogP contribution in [0.25, 0.3) is 0 Å². The third-order valence-electron chi connectivity index (χ3n) is 1.65. The number of anilines is 1. The Kier molecular flexibility index (Phi) is 2.45. The number of hydrogen-bond donors (Lipinski definition) is 1. The predicted octanol–water partition coefficient (Wildman–Crippen LogP) is 2.76. The minimum Gasteiger partial charge on any atom is -0.398 e. The summed E-state index contributed by atoms with van der Waals surface area (Å²) in [6.45, 7) is -1.21. The summed E-state index contributed by atoms with van der Waals surface area (Å²) in [5, 5.41) is 0. The van der Waals surface area contributed by atoms with Crippen molar-refractivity contribution in [3.05, 3.63) is 29.3 Å². The van der Waals surface area contributed by atoms with Crippen LogP contribution in [0.1, 0.15) is 11.1 Å². The summed E-state index contributed by atoms with van der Waals surface area (Å²) in [4.78, 5) is 0. The zero-order valence-corrected chi connectivity index (χ0v) is 6.53. The molecule has 1 rings (SSSR count). The molecule has 1 nitrogen and oxygen atoms in total. The van der Waals surface area contributed by atoms with E-state index in [4.69, 9.17) is 5.73 Å². The molecule has 0 aliphatic rings. The van der Waals surface area contributed by atoms with Crippen LogP contribution in [0.15, 0.2) is 18.2 Å². The summed E-state index contributed by atoms with van der Waals surface area (Å²) >= 11 is 0. The molecule has 0 spiro atoms. The molecule has 0 saturated carbocycles. The normalized spacial score (nSPS) is 11.7. The first-order valence-electron chi connectivity index (χ1n) is 3.47. The van der Waals surface area contributed by atoms with Gasteiger partial charge in [0, 0.05) is 11.3 Å². The second-order valence-electron chi connectivity index (χ2n) is 2.50. The van der Waals surface area contributed by atoms with E-state index < -0.39 is 24.0 Å². The van der Waals surface area contributed by atoms with Crippen molar-refractivity contribution in [2.45, 2.75) is 12.9 Å². The third kappa shape index (κ3) is 1.91. The second kappa shape index (κ2) is 3.24. The molecule has 2 N–H and O–H groups in total. The number of nitrogen functional groups attached to an aromatic ring is 1. The molecule has 0 radical (unpaired) electrons. The van der Waals surface area contributed by atoms with Crippen molar-refractivity contribution in [2.24, 2.45) is 0 Å². The molecule has 0 unspecified atom stereocenters. The summed E-state index contributed by atoms with van der Waals surface area (Å²) in [5.74, 6) is 0. The average Bonchev–Trinajstić information content (AvgIpc) is 2.02. The largest absolute Gasteiger partial charge is 0.416 e. The molecule has 1 aromatic rings. The van der Waals surface area contributed by atoms with E-state index in [1.807, 2.05) is 0 Å². The van der Waals surface area contributed by atoms with Crippen molar-refractivity contribution < 1.29 is 17.6 Å². The Balaban J connectivity index is 3.29. The fourth-order valence-corrected chi connectivity index (χ4v) is 1.02. The Morgan fingerprint density at radius 3 is 2.23 bits per heavy atom. The molecule has 0 aromatic heterocycles. The minimum absolute atomic E-state index is 0.169. The van der Waals surface area contributed by atoms with Crippen LogP contribution in [0, 0.1) is 0 Å². The predicted molar refractivity (Wildman–Crippen MR) is 40.7 cm³/mol. The first-order chi connectivity index (χ1) is 5.96. The van der Waals surface area contributed by atoms with Gasteiger partial charge in [0.1, 0.15) is 6.67 Å². The fourth-order valence-electron chi connectivity index (χ4n) is 1.02. The lowest BCUT2D eigenvalue weighted by molar-refractivity contribution is -0.138. The van der Waals surface area contributed by atoms with Gasteiger partial charge in [-0.2, -0.15) is 13.2 Å². The Morgan fingerprint density at radius 2 is 1.85 bits per heavy atom. The summed E-state index contributed by atoms with van der Waals surface area (Å²) < 4.78 is 48.8. The van der Waals surface area contributed by atoms with E-state index in [-0.39, 0.29) is 5.69 Å². The Hall–Kier alpha value is -1.26. The van der Waals surface area contributed by atoms with Gasteiger partial charge in [-0.1, -0.05) is 6.07 Å². The highest BCUT2D eigenvalue weighted by atomic mass is 19.4. The lowest BCUT2D eigenvalue weighted by atomic mass is 10.1. The SMILES string of the molecule is Nc1cccc(C(F)(F)F)c1CF. The van der Waals surface area contributed by atoms with Gasteiger partial charge in [0.15, 0.2) is 0 Å². The van der Waals surface area contributed by atoms with Gasteiger partial charge < -0.3 is 5.73 Å². The molecular weight excluding hydrogens is 186 g/mol. The lowest BCUT2D eigenvalue weighted by Gasteiger charge is -2.11. The van der Waals surface area contributed by atoms with Crippen molar-refractivity contribution in [3.8, 4) is 0 Å². The van der Waals surface area contributed by atoms with Gasteiger partial charge in [0.05, 0.1) is 5.56 Å². The summed E-state index contributed by atoms with van der Waals surface area (Å²) in [6, 6.07) is 3.20. The number of rotatable bonds is 1. The molecule has 5 heteroatoms. The maximum Gasteiger partial charge on any atom is 0.416 e. The molecule has 13 heavy (non-hydrogen) atoms. The van der Waals surface area contributed by atoms with Gasteiger partial charge >= 0.3 is 6.18 Å². The van der Waals surface area contributed by atoms with Crippen molar-refractivity contribution in [1.82, 2.24) is 0 Å². The molecule has 0 heterocycles. The molecule has 0 saturated heterocycles. The van der Waals surface area contributed by atoms with Crippen LogP contribution in [0.2, 0.25) is 0 Å². The quantitative estimate of drug-likeness (QED) is 0.538. The van der Waals surface area contributed by atoms with Gasteiger partial charge in [-0.15, -0.1) is 0 Å². The van der Waals surface area contributed by atoms with Gasteiger partial charge in [-0.3, -0.25) is 0 Å². The molecule has 0 amide bonds. The van der Waals surface area contributed by atoms with Crippen LogP contribution in [0.3, 0.4) is 0 Å². The first kappa shape index (κ1) is 9.83. The first-order valence-corrected chi connectivity index (χ1v) is 3.47. The summed E-state index contributed by atoms with van der Waals surface area (Å²) in [5.41, 5.74) is 3.52. The van der Waals surface area contributed by atoms with Crippen molar-refractivity contribution in [3.63, 3.8) is 0 Å². The topological polar surface area (TPSA) is 26.0 Å². The number of halogens is 4. The van der Waals surface area contributed by atoms with Crippen molar-refractivity contribution in [1.29, 1.82) is 0 Å². The zero-order valence-electron chi connectivity index (χ0n) is 6.53. The van der Waals surface area contributed by atoms with Crippen LogP contribution in [0.4, 0.5) is 23.2 Å². The van der Waals surface area contributed by atoms with E-state index in [2.05, 4.69) is 0 Å². The molecule has 0 aliphatic heterocycles. The molecule has 0 bridgehead atoms. The van der Waals surface area contributed by atoms with E-state index in [1.165, 1.54) is 6.07 Å². The van der Waals surface area contributed by atoms with Gasteiger partial charge in [0.25, 0.3) is 0 Å². The van der Waals surface area contributed by atoms with Crippen LogP contribution in [-0.4, -0.2) is 0 Å². The average molecular weight is 193 g/mol. The summed E-state index contributed by atoms with van der Waals surface area (Å²) in [6.07, 6.45) is -4.54.